The summed E-state index contributed by atoms with van der Waals surface area (Å²) in [6, 6.07) is 0. The van der Waals surface area contributed by atoms with Gasteiger partial charge >= 0.3 is 0 Å². The van der Waals surface area contributed by atoms with E-state index in [1.54, 1.807) is 6.33 Å². The summed E-state index contributed by atoms with van der Waals surface area (Å²) in [5, 5.41) is 4.13. The van der Waals surface area contributed by atoms with Gasteiger partial charge in [0.25, 0.3) is 5.91 Å². The van der Waals surface area contributed by atoms with E-state index in [0.29, 0.717) is 17.5 Å². The summed E-state index contributed by atoms with van der Waals surface area (Å²) in [6.45, 7) is 7.60. The van der Waals surface area contributed by atoms with Crippen LogP contribution in [0.2, 0.25) is 0 Å². The standard InChI is InChI=1S/C20H25N5O2/c1-12-13(2)21-11-22-19(12)24-7-14-9-25(10-15(14)8-24)20(26)18-16-5-3-4-6-17(16)27-23-18/h11,14-15H,3-10H2,1-2H3. The third-order valence-corrected chi connectivity index (χ3v) is 6.54. The molecule has 2 aromatic rings. The van der Waals surface area contributed by atoms with Crippen LogP contribution >= 0.6 is 0 Å². The Labute approximate surface area is 158 Å². The molecule has 2 atom stereocenters. The van der Waals surface area contributed by atoms with Gasteiger partial charge in [0.1, 0.15) is 17.9 Å². The SMILES string of the molecule is Cc1ncnc(N2CC3CN(C(=O)c4noc5c4CCCC5)CC3C2)c1C. The number of hydrogen-bond donors (Lipinski definition) is 0. The molecular weight excluding hydrogens is 342 g/mol. The van der Waals surface area contributed by atoms with Crippen molar-refractivity contribution in [3.8, 4) is 0 Å². The monoisotopic (exact) mass is 367 g/mol. The van der Waals surface area contributed by atoms with E-state index in [-0.39, 0.29) is 5.91 Å². The van der Waals surface area contributed by atoms with Crippen LogP contribution in [0, 0.1) is 25.7 Å². The van der Waals surface area contributed by atoms with Crippen LogP contribution < -0.4 is 4.90 Å². The summed E-state index contributed by atoms with van der Waals surface area (Å²) >= 11 is 0. The number of fused-ring (bicyclic) bond motifs is 2. The number of carbonyl (C=O) groups excluding carboxylic acids is 1. The Morgan fingerprint density at radius 2 is 1.81 bits per heavy atom. The highest BCUT2D eigenvalue weighted by atomic mass is 16.5. The van der Waals surface area contributed by atoms with Crippen LogP contribution in [0.5, 0.6) is 0 Å². The Bertz CT molecular complexity index is 878. The number of likely N-dealkylation sites (tertiary alicyclic amines) is 1. The van der Waals surface area contributed by atoms with Gasteiger partial charge in [0.05, 0.1) is 0 Å². The van der Waals surface area contributed by atoms with Crippen molar-refractivity contribution in [1.82, 2.24) is 20.0 Å². The molecule has 2 aromatic heterocycles. The third kappa shape index (κ3) is 2.71. The minimum Gasteiger partial charge on any atom is -0.360 e. The van der Waals surface area contributed by atoms with E-state index in [9.17, 15) is 4.79 Å². The maximum atomic E-state index is 13.0. The summed E-state index contributed by atoms with van der Waals surface area (Å²) in [4.78, 5) is 26.2. The summed E-state index contributed by atoms with van der Waals surface area (Å²) in [6.07, 6.45) is 5.72. The van der Waals surface area contributed by atoms with Gasteiger partial charge in [-0.1, -0.05) is 5.16 Å². The lowest BCUT2D eigenvalue weighted by molar-refractivity contribution is 0.0771. The van der Waals surface area contributed by atoms with E-state index in [1.165, 1.54) is 0 Å². The minimum atomic E-state index is 0.0527. The first-order valence-corrected chi connectivity index (χ1v) is 9.91. The maximum absolute atomic E-state index is 13.0. The Morgan fingerprint density at radius 1 is 1.07 bits per heavy atom. The van der Waals surface area contributed by atoms with Crippen molar-refractivity contribution in [2.24, 2.45) is 11.8 Å². The van der Waals surface area contributed by atoms with Gasteiger partial charge in [-0.15, -0.1) is 0 Å². The summed E-state index contributed by atoms with van der Waals surface area (Å²) in [5.41, 5.74) is 3.80. The number of nitrogens with zero attached hydrogens (tertiary/aromatic N) is 5. The van der Waals surface area contributed by atoms with Gasteiger partial charge in [-0.05, 0) is 33.1 Å². The largest absolute Gasteiger partial charge is 0.360 e. The first-order valence-electron chi connectivity index (χ1n) is 9.91. The van der Waals surface area contributed by atoms with Crippen molar-refractivity contribution >= 4 is 11.7 Å². The number of aryl methyl sites for hydroxylation is 2. The molecule has 5 rings (SSSR count). The van der Waals surface area contributed by atoms with E-state index in [0.717, 1.165) is 80.3 Å². The minimum absolute atomic E-state index is 0.0527. The van der Waals surface area contributed by atoms with Gasteiger partial charge in [-0.25, -0.2) is 9.97 Å². The molecule has 0 N–H and O–H groups in total. The molecule has 0 bridgehead atoms. The van der Waals surface area contributed by atoms with Crippen LogP contribution in [0.1, 0.15) is 45.9 Å². The van der Waals surface area contributed by atoms with Crippen LogP contribution in [-0.2, 0) is 12.8 Å². The Balaban J connectivity index is 1.29. The summed E-state index contributed by atoms with van der Waals surface area (Å²) in [5.74, 6) is 3.00. The zero-order valence-electron chi connectivity index (χ0n) is 15.9. The topological polar surface area (TPSA) is 75.4 Å². The highest BCUT2D eigenvalue weighted by Gasteiger charge is 2.43. The van der Waals surface area contributed by atoms with Crippen molar-refractivity contribution in [2.75, 3.05) is 31.1 Å². The lowest BCUT2D eigenvalue weighted by atomic mass is 9.96. The Morgan fingerprint density at radius 3 is 2.59 bits per heavy atom. The normalized spacial score (nSPS) is 24.2. The molecule has 2 fully saturated rings. The maximum Gasteiger partial charge on any atom is 0.276 e. The lowest BCUT2D eigenvalue weighted by Gasteiger charge is -2.23. The second-order valence-electron chi connectivity index (χ2n) is 8.18. The molecule has 3 aliphatic rings. The van der Waals surface area contributed by atoms with E-state index in [2.05, 4.69) is 26.9 Å². The number of carbonyl (C=O) groups is 1. The van der Waals surface area contributed by atoms with Crippen molar-refractivity contribution in [3.05, 3.63) is 34.6 Å². The van der Waals surface area contributed by atoms with Crippen molar-refractivity contribution in [3.63, 3.8) is 0 Å². The fourth-order valence-corrected chi connectivity index (χ4v) is 4.88. The first kappa shape index (κ1) is 16.7. The molecule has 2 aliphatic heterocycles. The van der Waals surface area contributed by atoms with Gasteiger partial charge in [-0.3, -0.25) is 4.79 Å². The number of amides is 1. The van der Waals surface area contributed by atoms with Crippen molar-refractivity contribution in [2.45, 2.75) is 39.5 Å². The highest BCUT2D eigenvalue weighted by Crippen LogP contribution is 2.35. The van der Waals surface area contributed by atoms with Crippen LogP contribution in [0.4, 0.5) is 5.82 Å². The quantitative estimate of drug-likeness (QED) is 0.810. The van der Waals surface area contributed by atoms with E-state index < -0.39 is 0 Å². The van der Waals surface area contributed by atoms with Crippen molar-refractivity contribution in [1.29, 1.82) is 0 Å². The van der Waals surface area contributed by atoms with Gasteiger partial charge in [0.2, 0.25) is 0 Å². The number of aromatic nitrogens is 3. The zero-order chi connectivity index (χ0) is 18.5. The summed E-state index contributed by atoms with van der Waals surface area (Å²) in [7, 11) is 0. The number of rotatable bonds is 2. The first-order chi connectivity index (χ1) is 13.1. The van der Waals surface area contributed by atoms with Gasteiger partial charge in [0.15, 0.2) is 5.69 Å². The third-order valence-electron chi connectivity index (χ3n) is 6.54. The molecule has 0 radical (unpaired) electrons. The molecule has 27 heavy (non-hydrogen) atoms. The molecule has 7 nitrogen and oxygen atoms in total. The van der Waals surface area contributed by atoms with Crippen molar-refractivity contribution < 1.29 is 9.32 Å². The molecule has 1 aliphatic carbocycles. The molecule has 4 heterocycles. The van der Waals surface area contributed by atoms with E-state index in [1.807, 2.05) is 11.8 Å². The molecule has 1 amide bonds. The molecule has 2 unspecified atom stereocenters. The van der Waals surface area contributed by atoms with Gasteiger partial charge in [0, 0.05) is 61.3 Å². The van der Waals surface area contributed by atoms with E-state index >= 15 is 0 Å². The Kier molecular flexibility index (Phi) is 3.91. The Hall–Kier alpha value is -2.44. The molecule has 0 saturated carbocycles. The van der Waals surface area contributed by atoms with Crippen LogP contribution in [0.15, 0.2) is 10.9 Å². The van der Waals surface area contributed by atoms with Gasteiger partial charge < -0.3 is 14.3 Å². The zero-order valence-corrected chi connectivity index (χ0v) is 15.9. The lowest BCUT2D eigenvalue weighted by Crippen LogP contribution is -2.34. The predicted molar refractivity (Wildman–Crippen MR) is 99.7 cm³/mol. The molecule has 142 valence electrons. The average Bonchev–Trinajstić information content (AvgIpc) is 3.36. The molecular formula is C20H25N5O2. The van der Waals surface area contributed by atoms with Crippen LogP contribution in [0.25, 0.3) is 0 Å². The fourth-order valence-electron chi connectivity index (χ4n) is 4.88. The van der Waals surface area contributed by atoms with Crippen LogP contribution in [-0.4, -0.2) is 52.1 Å². The highest BCUT2D eigenvalue weighted by molar-refractivity contribution is 5.94. The molecule has 0 spiro atoms. The van der Waals surface area contributed by atoms with Crippen LogP contribution in [0.3, 0.4) is 0 Å². The van der Waals surface area contributed by atoms with Gasteiger partial charge in [-0.2, -0.15) is 0 Å². The number of hydrogen-bond acceptors (Lipinski definition) is 6. The second kappa shape index (κ2) is 6.32. The summed E-state index contributed by atoms with van der Waals surface area (Å²) < 4.78 is 5.44. The second-order valence-corrected chi connectivity index (χ2v) is 8.18. The average molecular weight is 367 g/mol. The molecule has 0 aromatic carbocycles. The number of anilines is 1. The fraction of sp³-hybridized carbons (Fsp3) is 0.600. The molecule has 7 heteroatoms. The molecule has 2 saturated heterocycles. The smallest absolute Gasteiger partial charge is 0.276 e. The van der Waals surface area contributed by atoms with E-state index in [4.69, 9.17) is 4.52 Å². The predicted octanol–water partition coefficient (Wildman–Crippen LogP) is 2.17.